The smallest absolute Gasteiger partial charge is 0.338 e. The maximum Gasteiger partial charge on any atom is 0.338 e. The molecule has 2 fully saturated rings. The zero-order valence-electron chi connectivity index (χ0n) is 18.1. The Morgan fingerprint density at radius 3 is 2.19 bits per heavy atom. The van der Waals surface area contributed by atoms with Gasteiger partial charge in [-0.2, -0.15) is 0 Å². The molecule has 1 heterocycles. The SMILES string of the molecule is COc1ccc(C(=O)COC(=O)c2ccc(N3C(=O)C4CCC(C)CC4C3=O)cc2)cc1. The minimum absolute atomic E-state index is 0.160. The average molecular weight is 435 g/mol. The molecular formula is C25H25NO6. The topological polar surface area (TPSA) is 90.0 Å². The van der Waals surface area contributed by atoms with Crippen LogP contribution in [0.5, 0.6) is 5.75 Å². The van der Waals surface area contributed by atoms with Gasteiger partial charge in [-0.05, 0) is 73.7 Å². The van der Waals surface area contributed by atoms with Crippen molar-refractivity contribution >= 4 is 29.3 Å². The molecule has 2 amide bonds. The summed E-state index contributed by atoms with van der Waals surface area (Å²) in [6.45, 7) is 1.72. The van der Waals surface area contributed by atoms with Crippen LogP contribution in [-0.4, -0.2) is 37.3 Å². The predicted molar refractivity (Wildman–Crippen MR) is 117 cm³/mol. The van der Waals surface area contributed by atoms with Crippen molar-refractivity contribution in [2.75, 3.05) is 18.6 Å². The second-order valence-electron chi connectivity index (χ2n) is 8.42. The summed E-state index contributed by atoms with van der Waals surface area (Å²) in [6.07, 6.45) is 2.42. The van der Waals surface area contributed by atoms with Crippen molar-refractivity contribution in [3.8, 4) is 5.75 Å². The normalized spacial score (nSPS) is 22.4. The molecule has 2 aliphatic rings. The van der Waals surface area contributed by atoms with E-state index in [2.05, 4.69) is 6.92 Å². The fraction of sp³-hybridized carbons (Fsp3) is 0.360. The summed E-state index contributed by atoms with van der Waals surface area (Å²) in [6, 6.07) is 12.7. The Bertz CT molecular complexity index is 1040. The van der Waals surface area contributed by atoms with Gasteiger partial charge in [-0.3, -0.25) is 19.3 Å². The number of benzene rings is 2. The van der Waals surface area contributed by atoms with Crippen LogP contribution in [0.25, 0.3) is 0 Å². The van der Waals surface area contributed by atoms with Crippen LogP contribution >= 0.6 is 0 Å². The Balaban J connectivity index is 1.39. The van der Waals surface area contributed by atoms with E-state index < -0.39 is 12.6 Å². The number of ketones is 1. The number of Topliss-reactive ketones (excluding diaryl/α,β-unsaturated/α-hetero) is 1. The van der Waals surface area contributed by atoms with Crippen molar-refractivity contribution < 1.29 is 28.7 Å². The molecule has 3 unspecified atom stereocenters. The van der Waals surface area contributed by atoms with E-state index in [1.54, 1.807) is 36.4 Å². The van der Waals surface area contributed by atoms with Gasteiger partial charge < -0.3 is 9.47 Å². The number of carbonyl (C=O) groups is 4. The fourth-order valence-corrected chi connectivity index (χ4v) is 4.47. The van der Waals surface area contributed by atoms with Crippen LogP contribution in [0.2, 0.25) is 0 Å². The van der Waals surface area contributed by atoms with Gasteiger partial charge in [0.15, 0.2) is 12.4 Å². The molecule has 7 heteroatoms. The number of hydrogen-bond acceptors (Lipinski definition) is 6. The van der Waals surface area contributed by atoms with Crippen LogP contribution in [0.4, 0.5) is 5.69 Å². The first-order valence-corrected chi connectivity index (χ1v) is 10.7. The van der Waals surface area contributed by atoms with Crippen molar-refractivity contribution in [1.82, 2.24) is 0 Å². The molecule has 1 aliphatic heterocycles. The summed E-state index contributed by atoms with van der Waals surface area (Å²) < 4.78 is 10.2. The van der Waals surface area contributed by atoms with Gasteiger partial charge in [0.1, 0.15) is 5.75 Å². The van der Waals surface area contributed by atoms with E-state index in [1.165, 1.54) is 24.1 Å². The number of hydrogen-bond donors (Lipinski definition) is 0. The minimum Gasteiger partial charge on any atom is -0.497 e. The molecule has 2 aromatic rings. The molecule has 32 heavy (non-hydrogen) atoms. The molecule has 0 spiro atoms. The average Bonchev–Trinajstić information content (AvgIpc) is 3.06. The Labute approximate surface area is 186 Å². The van der Waals surface area contributed by atoms with Crippen LogP contribution in [0.1, 0.15) is 46.9 Å². The van der Waals surface area contributed by atoms with Gasteiger partial charge in [-0.15, -0.1) is 0 Å². The lowest BCUT2D eigenvalue weighted by molar-refractivity contribution is -0.122. The lowest BCUT2D eigenvalue weighted by atomic mass is 9.76. The molecule has 166 valence electrons. The first-order valence-electron chi connectivity index (χ1n) is 10.7. The zero-order valence-corrected chi connectivity index (χ0v) is 18.1. The molecule has 1 saturated carbocycles. The highest BCUT2D eigenvalue weighted by molar-refractivity contribution is 6.22. The molecule has 2 aromatic carbocycles. The van der Waals surface area contributed by atoms with Gasteiger partial charge in [-0.25, -0.2) is 4.79 Å². The highest BCUT2D eigenvalue weighted by Gasteiger charge is 2.49. The van der Waals surface area contributed by atoms with Crippen LogP contribution in [0.3, 0.4) is 0 Å². The Morgan fingerprint density at radius 2 is 1.53 bits per heavy atom. The molecule has 0 radical (unpaired) electrons. The molecule has 7 nitrogen and oxygen atoms in total. The van der Waals surface area contributed by atoms with Gasteiger partial charge in [0.05, 0.1) is 30.2 Å². The molecule has 4 rings (SSSR count). The number of amides is 2. The third-order valence-corrected chi connectivity index (χ3v) is 6.30. The van der Waals surface area contributed by atoms with Crippen molar-refractivity contribution in [3.63, 3.8) is 0 Å². The van der Waals surface area contributed by atoms with Crippen molar-refractivity contribution in [3.05, 3.63) is 59.7 Å². The Kier molecular flexibility index (Phi) is 6.08. The van der Waals surface area contributed by atoms with Crippen LogP contribution in [0, 0.1) is 17.8 Å². The molecule has 3 atom stereocenters. The van der Waals surface area contributed by atoms with E-state index in [0.29, 0.717) is 22.9 Å². The number of ether oxygens (including phenoxy) is 2. The summed E-state index contributed by atoms with van der Waals surface area (Å²) in [5, 5.41) is 0. The number of carbonyl (C=O) groups excluding carboxylic acids is 4. The molecule has 0 bridgehead atoms. The van der Waals surface area contributed by atoms with E-state index in [-0.39, 0.29) is 35.0 Å². The van der Waals surface area contributed by atoms with E-state index in [1.807, 2.05) is 0 Å². The van der Waals surface area contributed by atoms with Gasteiger partial charge in [0.2, 0.25) is 11.8 Å². The third kappa shape index (κ3) is 4.15. The summed E-state index contributed by atoms with van der Waals surface area (Å²) >= 11 is 0. The molecule has 0 aromatic heterocycles. The number of anilines is 1. The minimum atomic E-state index is -0.653. The molecule has 1 saturated heterocycles. The highest BCUT2D eigenvalue weighted by atomic mass is 16.5. The molecule has 0 N–H and O–H groups in total. The summed E-state index contributed by atoms with van der Waals surface area (Å²) in [5.41, 5.74) is 1.10. The van der Waals surface area contributed by atoms with Crippen molar-refractivity contribution in [2.24, 2.45) is 17.8 Å². The van der Waals surface area contributed by atoms with Crippen LogP contribution in [-0.2, 0) is 14.3 Å². The number of methoxy groups -OCH3 is 1. The lowest BCUT2D eigenvalue weighted by Gasteiger charge is -2.25. The third-order valence-electron chi connectivity index (χ3n) is 6.30. The number of nitrogens with zero attached hydrogens (tertiary/aromatic N) is 1. The second kappa shape index (κ2) is 8.94. The number of imide groups is 1. The van der Waals surface area contributed by atoms with Crippen molar-refractivity contribution in [1.29, 1.82) is 0 Å². The Hall–Kier alpha value is -3.48. The summed E-state index contributed by atoms with van der Waals surface area (Å²) in [4.78, 5) is 51.4. The summed E-state index contributed by atoms with van der Waals surface area (Å²) in [5.74, 6) is -0.734. The van der Waals surface area contributed by atoms with Gasteiger partial charge in [0, 0.05) is 5.56 Å². The first kappa shape index (κ1) is 21.7. The zero-order chi connectivity index (χ0) is 22.8. The quantitative estimate of drug-likeness (QED) is 0.391. The van der Waals surface area contributed by atoms with Crippen LogP contribution < -0.4 is 9.64 Å². The largest absolute Gasteiger partial charge is 0.497 e. The number of fused-ring (bicyclic) bond motifs is 1. The first-order chi connectivity index (χ1) is 15.4. The fourth-order valence-electron chi connectivity index (χ4n) is 4.47. The van der Waals surface area contributed by atoms with Crippen LogP contribution in [0.15, 0.2) is 48.5 Å². The van der Waals surface area contributed by atoms with Crippen molar-refractivity contribution in [2.45, 2.75) is 26.2 Å². The lowest BCUT2D eigenvalue weighted by Crippen LogP contribution is -2.30. The number of rotatable bonds is 6. The monoisotopic (exact) mass is 435 g/mol. The predicted octanol–water partition coefficient (Wildman–Crippen LogP) is 3.66. The van der Waals surface area contributed by atoms with E-state index in [0.717, 1.165) is 19.3 Å². The molecular weight excluding hydrogens is 410 g/mol. The second-order valence-corrected chi connectivity index (χ2v) is 8.42. The van der Waals surface area contributed by atoms with E-state index in [4.69, 9.17) is 9.47 Å². The standard InChI is InChI=1S/C25H25NO6/c1-15-3-12-20-21(13-15)24(29)26(23(20)28)18-8-4-17(5-9-18)25(30)32-14-22(27)16-6-10-19(31-2)11-7-16/h4-11,15,20-21H,3,12-14H2,1-2H3. The maximum atomic E-state index is 12.8. The van der Waals surface area contributed by atoms with Gasteiger partial charge >= 0.3 is 5.97 Å². The van der Waals surface area contributed by atoms with Gasteiger partial charge in [0.25, 0.3) is 0 Å². The van der Waals surface area contributed by atoms with E-state index in [9.17, 15) is 19.2 Å². The van der Waals surface area contributed by atoms with E-state index >= 15 is 0 Å². The molecule has 1 aliphatic carbocycles. The maximum absolute atomic E-state index is 12.8. The number of esters is 1. The van der Waals surface area contributed by atoms with Gasteiger partial charge in [-0.1, -0.05) is 6.92 Å². The summed E-state index contributed by atoms with van der Waals surface area (Å²) in [7, 11) is 1.53. The highest BCUT2D eigenvalue weighted by Crippen LogP contribution is 2.42. The Morgan fingerprint density at radius 1 is 0.906 bits per heavy atom.